The summed E-state index contributed by atoms with van der Waals surface area (Å²) in [6, 6.07) is 1.48. The SMILES string of the molecule is CCOc1cc(OCC)c(C(=O)O)cn1. The van der Waals surface area contributed by atoms with Crippen molar-refractivity contribution in [2.75, 3.05) is 13.2 Å². The Labute approximate surface area is 87.7 Å². The van der Waals surface area contributed by atoms with E-state index in [9.17, 15) is 4.79 Å². The van der Waals surface area contributed by atoms with Gasteiger partial charge in [0.05, 0.1) is 13.2 Å². The molecule has 0 fully saturated rings. The summed E-state index contributed by atoms with van der Waals surface area (Å²) in [7, 11) is 0. The van der Waals surface area contributed by atoms with Gasteiger partial charge in [-0.15, -0.1) is 0 Å². The van der Waals surface area contributed by atoms with Crippen LogP contribution >= 0.6 is 0 Å². The number of aromatic nitrogens is 1. The van der Waals surface area contributed by atoms with E-state index in [1.54, 1.807) is 6.92 Å². The predicted molar refractivity (Wildman–Crippen MR) is 53.5 cm³/mol. The minimum Gasteiger partial charge on any atom is -0.493 e. The number of carboxylic acid groups (broad SMARTS) is 1. The molecule has 0 aliphatic heterocycles. The summed E-state index contributed by atoms with van der Waals surface area (Å²) >= 11 is 0. The molecule has 0 aromatic carbocycles. The van der Waals surface area contributed by atoms with E-state index >= 15 is 0 Å². The minimum absolute atomic E-state index is 0.0419. The molecule has 82 valence electrons. The third kappa shape index (κ3) is 2.83. The van der Waals surface area contributed by atoms with Crippen LogP contribution in [0.25, 0.3) is 0 Å². The van der Waals surface area contributed by atoms with E-state index in [1.807, 2.05) is 6.92 Å². The fourth-order valence-electron chi connectivity index (χ4n) is 1.08. The van der Waals surface area contributed by atoms with Crippen molar-refractivity contribution in [2.24, 2.45) is 0 Å². The Morgan fingerprint density at radius 3 is 2.60 bits per heavy atom. The van der Waals surface area contributed by atoms with Crippen LogP contribution < -0.4 is 9.47 Å². The molecule has 15 heavy (non-hydrogen) atoms. The summed E-state index contributed by atoms with van der Waals surface area (Å²) in [6.45, 7) is 4.49. The highest BCUT2D eigenvalue weighted by atomic mass is 16.5. The number of carboxylic acids is 1. The lowest BCUT2D eigenvalue weighted by Crippen LogP contribution is -2.05. The highest BCUT2D eigenvalue weighted by Crippen LogP contribution is 2.22. The van der Waals surface area contributed by atoms with E-state index in [0.717, 1.165) is 0 Å². The number of nitrogens with zero attached hydrogens (tertiary/aromatic N) is 1. The van der Waals surface area contributed by atoms with Gasteiger partial charge in [-0.05, 0) is 13.8 Å². The molecule has 0 atom stereocenters. The van der Waals surface area contributed by atoms with E-state index in [4.69, 9.17) is 14.6 Å². The lowest BCUT2D eigenvalue weighted by atomic mass is 10.2. The molecule has 1 aromatic heterocycles. The molecule has 0 amide bonds. The van der Waals surface area contributed by atoms with Crippen LogP contribution in [0.4, 0.5) is 0 Å². The van der Waals surface area contributed by atoms with Crippen molar-refractivity contribution in [1.82, 2.24) is 4.98 Å². The maximum atomic E-state index is 10.8. The third-order valence-corrected chi connectivity index (χ3v) is 1.66. The van der Waals surface area contributed by atoms with Crippen LogP contribution in [0.15, 0.2) is 12.3 Å². The summed E-state index contributed by atoms with van der Waals surface area (Å²) < 4.78 is 10.3. The number of rotatable bonds is 5. The average Bonchev–Trinajstić information content (AvgIpc) is 2.18. The zero-order valence-electron chi connectivity index (χ0n) is 8.69. The molecule has 0 saturated heterocycles. The molecule has 1 heterocycles. The number of pyridine rings is 1. The first-order valence-electron chi connectivity index (χ1n) is 4.68. The molecular formula is C10H13NO4. The molecule has 0 saturated carbocycles. The van der Waals surface area contributed by atoms with Crippen LogP contribution in [0, 0.1) is 0 Å². The van der Waals surface area contributed by atoms with Crippen molar-refractivity contribution >= 4 is 5.97 Å². The zero-order valence-corrected chi connectivity index (χ0v) is 8.69. The largest absolute Gasteiger partial charge is 0.493 e. The van der Waals surface area contributed by atoms with Gasteiger partial charge in [-0.25, -0.2) is 9.78 Å². The van der Waals surface area contributed by atoms with Crippen molar-refractivity contribution in [3.63, 3.8) is 0 Å². The second-order valence-electron chi connectivity index (χ2n) is 2.69. The number of aromatic carboxylic acids is 1. The Kier molecular flexibility index (Phi) is 3.91. The third-order valence-electron chi connectivity index (χ3n) is 1.66. The van der Waals surface area contributed by atoms with Gasteiger partial charge in [-0.1, -0.05) is 0 Å². The quantitative estimate of drug-likeness (QED) is 0.800. The molecule has 0 unspecified atom stereocenters. The molecule has 1 N–H and O–H groups in total. The fraction of sp³-hybridized carbons (Fsp3) is 0.400. The van der Waals surface area contributed by atoms with Gasteiger partial charge in [0.1, 0.15) is 11.3 Å². The van der Waals surface area contributed by atoms with Crippen LogP contribution in [0.2, 0.25) is 0 Å². The maximum absolute atomic E-state index is 10.8. The molecule has 1 aromatic rings. The highest BCUT2D eigenvalue weighted by Gasteiger charge is 2.13. The second kappa shape index (κ2) is 5.19. The summed E-state index contributed by atoms with van der Waals surface area (Å²) in [4.78, 5) is 14.7. The van der Waals surface area contributed by atoms with E-state index in [2.05, 4.69) is 4.98 Å². The summed E-state index contributed by atoms with van der Waals surface area (Å²) in [5.41, 5.74) is 0.0419. The fourth-order valence-corrected chi connectivity index (χ4v) is 1.08. The Hall–Kier alpha value is -1.78. The topological polar surface area (TPSA) is 68.7 Å². The first-order valence-corrected chi connectivity index (χ1v) is 4.68. The van der Waals surface area contributed by atoms with Crippen molar-refractivity contribution in [1.29, 1.82) is 0 Å². The Morgan fingerprint density at radius 1 is 1.40 bits per heavy atom. The molecule has 0 radical (unpaired) electrons. The van der Waals surface area contributed by atoms with Crippen molar-refractivity contribution < 1.29 is 19.4 Å². The van der Waals surface area contributed by atoms with E-state index in [1.165, 1.54) is 12.3 Å². The Bertz CT molecular complexity index is 351. The van der Waals surface area contributed by atoms with Gasteiger partial charge in [0.15, 0.2) is 0 Å². The Balaban J connectivity index is 3.03. The van der Waals surface area contributed by atoms with Crippen LogP contribution in [0.3, 0.4) is 0 Å². The summed E-state index contributed by atoms with van der Waals surface area (Å²) in [5, 5.41) is 8.85. The Morgan fingerprint density at radius 2 is 2.07 bits per heavy atom. The number of hydrogen-bond donors (Lipinski definition) is 1. The standard InChI is InChI=1S/C10H13NO4/c1-3-14-8-5-9(15-4-2)11-6-7(8)10(12)13/h5-6H,3-4H2,1-2H3,(H,12,13). The monoisotopic (exact) mass is 211 g/mol. The van der Waals surface area contributed by atoms with Crippen molar-refractivity contribution in [2.45, 2.75) is 13.8 Å². The van der Waals surface area contributed by atoms with E-state index < -0.39 is 5.97 Å². The van der Waals surface area contributed by atoms with Crippen molar-refractivity contribution in [3.05, 3.63) is 17.8 Å². The van der Waals surface area contributed by atoms with Gasteiger partial charge >= 0.3 is 5.97 Å². The summed E-state index contributed by atoms with van der Waals surface area (Å²) in [5.74, 6) is -0.414. The molecule has 0 spiro atoms. The van der Waals surface area contributed by atoms with Gasteiger partial charge in [0, 0.05) is 12.3 Å². The molecule has 5 nitrogen and oxygen atoms in total. The van der Waals surface area contributed by atoms with Gasteiger partial charge < -0.3 is 14.6 Å². The van der Waals surface area contributed by atoms with Gasteiger partial charge in [0.2, 0.25) is 5.88 Å². The van der Waals surface area contributed by atoms with Crippen LogP contribution in [-0.2, 0) is 0 Å². The molecule has 0 aliphatic carbocycles. The highest BCUT2D eigenvalue weighted by molar-refractivity contribution is 5.90. The van der Waals surface area contributed by atoms with Crippen LogP contribution in [-0.4, -0.2) is 29.3 Å². The smallest absolute Gasteiger partial charge is 0.341 e. The second-order valence-corrected chi connectivity index (χ2v) is 2.69. The average molecular weight is 211 g/mol. The molecular weight excluding hydrogens is 198 g/mol. The van der Waals surface area contributed by atoms with Crippen LogP contribution in [0.5, 0.6) is 11.6 Å². The van der Waals surface area contributed by atoms with Crippen molar-refractivity contribution in [3.8, 4) is 11.6 Å². The molecule has 0 aliphatic rings. The maximum Gasteiger partial charge on any atom is 0.341 e. The first kappa shape index (κ1) is 11.3. The lowest BCUT2D eigenvalue weighted by Gasteiger charge is -2.08. The lowest BCUT2D eigenvalue weighted by molar-refractivity contribution is 0.0692. The van der Waals surface area contributed by atoms with Gasteiger partial charge in [-0.2, -0.15) is 0 Å². The zero-order chi connectivity index (χ0) is 11.3. The number of ether oxygens (including phenoxy) is 2. The molecule has 0 bridgehead atoms. The van der Waals surface area contributed by atoms with Gasteiger partial charge in [0.25, 0.3) is 0 Å². The van der Waals surface area contributed by atoms with E-state index in [-0.39, 0.29) is 11.3 Å². The summed E-state index contributed by atoms with van der Waals surface area (Å²) in [6.07, 6.45) is 1.23. The molecule has 1 rings (SSSR count). The number of hydrogen-bond acceptors (Lipinski definition) is 4. The van der Waals surface area contributed by atoms with Gasteiger partial charge in [-0.3, -0.25) is 0 Å². The predicted octanol–water partition coefficient (Wildman–Crippen LogP) is 1.58. The number of carbonyl (C=O) groups is 1. The minimum atomic E-state index is -1.06. The normalized spacial score (nSPS) is 9.73. The van der Waals surface area contributed by atoms with E-state index in [0.29, 0.717) is 19.1 Å². The molecule has 5 heteroatoms. The first-order chi connectivity index (χ1) is 7.19. The van der Waals surface area contributed by atoms with Crippen LogP contribution in [0.1, 0.15) is 24.2 Å².